The lowest BCUT2D eigenvalue weighted by atomic mass is 9.93. The van der Waals surface area contributed by atoms with Gasteiger partial charge in [-0.15, -0.1) is 0 Å². The molecule has 6 unspecified atom stereocenters. The molecular weight excluding hydrogens is 279 g/mol. The monoisotopic (exact) mass is 292 g/mol. The first-order valence-corrected chi connectivity index (χ1v) is 6.92. The van der Waals surface area contributed by atoms with E-state index in [2.05, 4.69) is 0 Å². The topological polar surface area (TPSA) is 61.8 Å². The highest BCUT2D eigenvalue weighted by Gasteiger charge is 2.49. The summed E-state index contributed by atoms with van der Waals surface area (Å²) in [6, 6.07) is 0. The fourth-order valence-electron chi connectivity index (χ4n) is 2.99. The Bertz CT molecular complexity index is 593. The molecule has 2 aliphatic heterocycles. The van der Waals surface area contributed by atoms with Crippen molar-refractivity contribution in [3.8, 4) is 0 Å². The van der Waals surface area contributed by atoms with Crippen molar-refractivity contribution in [2.24, 2.45) is 11.8 Å². The highest BCUT2D eigenvalue weighted by molar-refractivity contribution is 5.83. The first-order valence-electron chi connectivity index (χ1n) is 6.92. The van der Waals surface area contributed by atoms with E-state index in [-0.39, 0.29) is 0 Å². The smallest absolute Gasteiger partial charge is 0.451 e. The van der Waals surface area contributed by atoms with E-state index < -0.39 is 36.6 Å². The number of hydrogen-bond donors (Lipinski definition) is 0. The van der Waals surface area contributed by atoms with E-state index in [1.165, 1.54) is 12.2 Å². The number of rotatable bonds is 2. The molecular formula is C15H13FO5. The SMILES string of the molecule is O=C1C=CC2OC(=O)OC(C(F)C3=CC4CC4C=C3)C2O1. The van der Waals surface area contributed by atoms with Gasteiger partial charge < -0.3 is 14.2 Å². The van der Waals surface area contributed by atoms with Gasteiger partial charge in [0.2, 0.25) is 0 Å². The van der Waals surface area contributed by atoms with E-state index in [0.717, 1.165) is 6.42 Å². The lowest BCUT2D eigenvalue weighted by molar-refractivity contribution is -0.180. The number of fused-ring (bicyclic) bond motifs is 2. The molecule has 110 valence electrons. The molecule has 2 fully saturated rings. The second-order valence-corrected chi connectivity index (χ2v) is 5.67. The first kappa shape index (κ1) is 12.6. The Kier molecular flexibility index (Phi) is 2.67. The summed E-state index contributed by atoms with van der Waals surface area (Å²) < 4.78 is 29.7. The quantitative estimate of drug-likeness (QED) is 0.727. The van der Waals surface area contributed by atoms with Crippen LogP contribution in [-0.2, 0) is 19.0 Å². The average molecular weight is 292 g/mol. The van der Waals surface area contributed by atoms with Crippen molar-refractivity contribution in [1.29, 1.82) is 0 Å². The van der Waals surface area contributed by atoms with Crippen LogP contribution in [0.3, 0.4) is 0 Å². The molecule has 6 heteroatoms. The van der Waals surface area contributed by atoms with Crippen molar-refractivity contribution in [3.05, 3.63) is 36.0 Å². The van der Waals surface area contributed by atoms with Crippen LogP contribution in [0.5, 0.6) is 0 Å². The Morgan fingerprint density at radius 3 is 2.76 bits per heavy atom. The van der Waals surface area contributed by atoms with Crippen molar-refractivity contribution < 1.29 is 28.2 Å². The van der Waals surface area contributed by atoms with Crippen LogP contribution in [0.2, 0.25) is 0 Å². The maximum Gasteiger partial charge on any atom is 0.509 e. The molecule has 2 heterocycles. The van der Waals surface area contributed by atoms with Crippen LogP contribution in [0.4, 0.5) is 9.18 Å². The zero-order chi connectivity index (χ0) is 14.6. The molecule has 21 heavy (non-hydrogen) atoms. The summed E-state index contributed by atoms with van der Waals surface area (Å²) in [6.07, 6.45) is 3.73. The Hall–Kier alpha value is -2.11. The molecule has 1 saturated carbocycles. The molecule has 4 aliphatic rings. The van der Waals surface area contributed by atoms with Gasteiger partial charge in [0, 0.05) is 6.08 Å². The number of carbonyl (C=O) groups is 2. The summed E-state index contributed by atoms with van der Waals surface area (Å²) in [7, 11) is 0. The second-order valence-electron chi connectivity index (χ2n) is 5.67. The fraction of sp³-hybridized carbons (Fsp3) is 0.467. The molecule has 0 aromatic carbocycles. The first-order chi connectivity index (χ1) is 10.1. The third-order valence-corrected chi connectivity index (χ3v) is 4.23. The maximum atomic E-state index is 14.8. The number of cyclic esters (lactones) is 1. The zero-order valence-electron chi connectivity index (χ0n) is 11.0. The van der Waals surface area contributed by atoms with Crippen molar-refractivity contribution >= 4 is 12.1 Å². The van der Waals surface area contributed by atoms with E-state index in [9.17, 15) is 14.0 Å². The van der Waals surface area contributed by atoms with E-state index in [0.29, 0.717) is 17.4 Å². The van der Waals surface area contributed by atoms with Gasteiger partial charge in [0.15, 0.2) is 24.5 Å². The van der Waals surface area contributed by atoms with Crippen molar-refractivity contribution in [2.45, 2.75) is 30.9 Å². The Labute approximate surface area is 120 Å². The Balaban J connectivity index is 1.60. The van der Waals surface area contributed by atoms with Gasteiger partial charge >= 0.3 is 12.1 Å². The molecule has 6 atom stereocenters. The predicted octanol–water partition coefficient (Wildman–Crippen LogP) is 1.84. The molecule has 0 N–H and O–H groups in total. The molecule has 1 saturated heterocycles. The number of ether oxygens (including phenoxy) is 3. The summed E-state index contributed by atoms with van der Waals surface area (Å²) >= 11 is 0. The number of carbonyl (C=O) groups excluding carboxylic acids is 2. The van der Waals surface area contributed by atoms with Crippen molar-refractivity contribution in [3.63, 3.8) is 0 Å². The van der Waals surface area contributed by atoms with Crippen LogP contribution in [-0.4, -0.2) is 36.6 Å². The summed E-state index contributed by atoms with van der Waals surface area (Å²) in [4.78, 5) is 22.8. The number of hydrogen-bond acceptors (Lipinski definition) is 5. The lowest BCUT2D eigenvalue weighted by Crippen LogP contribution is -2.54. The normalized spacial score (nSPS) is 41.0. The molecule has 0 aromatic rings. The van der Waals surface area contributed by atoms with E-state index in [4.69, 9.17) is 14.2 Å². The van der Waals surface area contributed by atoms with Crippen LogP contribution in [0.15, 0.2) is 36.0 Å². The molecule has 4 rings (SSSR count). The van der Waals surface area contributed by atoms with Gasteiger partial charge in [0.1, 0.15) is 0 Å². The molecule has 0 amide bonds. The number of esters is 1. The van der Waals surface area contributed by atoms with Crippen LogP contribution in [0.25, 0.3) is 0 Å². The highest BCUT2D eigenvalue weighted by atomic mass is 19.1. The Morgan fingerprint density at radius 1 is 1.10 bits per heavy atom. The maximum absolute atomic E-state index is 14.8. The lowest BCUT2D eigenvalue weighted by Gasteiger charge is -2.38. The predicted molar refractivity (Wildman–Crippen MR) is 67.9 cm³/mol. The van der Waals surface area contributed by atoms with Gasteiger partial charge in [-0.25, -0.2) is 14.0 Å². The molecule has 0 spiro atoms. The van der Waals surface area contributed by atoms with Gasteiger partial charge in [-0.05, 0) is 29.9 Å². The molecule has 0 aromatic heterocycles. The summed E-state index contributed by atoms with van der Waals surface area (Å²) in [5, 5.41) is 0. The summed E-state index contributed by atoms with van der Waals surface area (Å²) in [6.45, 7) is 0. The van der Waals surface area contributed by atoms with E-state index >= 15 is 0 Å². The number of alkyl halides is 1. The van der Waals surface area contributed by atoms with Crippen LogP contribution < -0.4 is 0 Å². The van der Waals surface area contributed by atoms with Gasteiger partial charge in [0.25, 0.3) is 0 Å². The average Bonchev–Trinajstić information content (AvgIpc) is 3.24. The van der Waals surface area contributed by atoms with Crippen LogP contribution >= 0.6 is 0 Å². The molecule has 0 radical (unpaired) electrons. The standard InChI is InChI=1S/C15H13FO5/c16-12(8-2-1-7-5-9(7)6-8)14-13-10(19-15(18)21-14)3-4-11(17)20-13/h1-4,6-7,9-10,12-14H,5H2. The fourth-order valence-corrected chi connectivity index (χ4v) is 2.99. The third kappa shape index (κ3) is 2.14. The van der Waals surface area contributed by atoms with Crippen LogP contribution in [0.1, 0.15) is 6.42 Å². The third-order valence-electron chi connectivity index (χ3n) is 4.23. The van der Waals surface area contributed by atoms with Crippen molar-refractivity contribution in [1.82, 2.24) is 0 Å². The van der Waals surface area contributed by atoms with Gasteiger partial charge in [-0.3, -0.25) is 0 Å². The minimum atomic E-state index is -1.54. The highest BCUT2D eigenvalue weighted by Crippen LogP contribution is 2.45. The number of allylic oxidation sites excluding steroid dienone is 3. The summed E-state index contributed by atoms with van der Waals surface area (Å²) in [5.74, 6) is 0.301. The van der Waals surface area contributed by atoms with Gasteiger partial charge in [-0.1, -0.05) is 18.2 Å². The summed E-state index contributed by atoms with van der Waals surface area (Å²) in [5.41, 5.74) is 0.470. The molecule has 2 aliphatic carbocycles. The second kappa shape index (κ2) is 4.44. The molecule has 5 nitrogen and oxygen atoms in total. The van der Waals surface area contributed by atoms with Gasteiger partial charge in [-0.2, -0.15) is 0 Å². The van der Waals surface area contributed by atoms with E-state index in [1.54, 1.807) is 6.08 Å². The van der Waals surface area contributed by atoms with Gasteiger partial charge in [0.05, 0.1) is 0 Å². The minimum absolute atomic E-state index is 0.378. The van der Waals surface area contributed by atoms with Crippen LogP contribution in [0, 0.1) is 11.8 Å². The number of halogens is 1. The molecule has 0 bridgehead atoms. The Morgan fingerprint density at radius 2 is 1.95 bits per heavy atom. The van der Waals surface area contributed by atoms with E-state index in [1.807, 2.05) is 12.2 Å². The minimum Gasteiger partial charge on any atom is -0.451 e. The largest absolute Gasteiger partial charge is 0.509 e. The zero-order valence-corrected chi connectivity index (χ0v) is 11.0. The van der Waals surface area contributed by atoms with Crippen molar-refractivity contribution in [2.75, 3.05) is 0 Å².